The number of hydrogen-bond acceptors (Lipinski definition) is 4. The molecule has 0 spiro atoms. The number of aliphatic hydroxyl groups excluding tert-OH is 1. The fourth-order valence-electron chi connectivity index (χ4n) is 3.19. The predicted octanol–water partition coefficient (Wildman–Crippen LogP) is 4.12. The summed E-state index contributed by atoms with van der Waals surface area (Å²) in [6.07, 6.45) is 0.460. The van der Waals surface area contributed by atoms with E-state index in [0.29, 0.717) is 31.0 Å². The summed E-state index contributed by atoms with van der Waals surface area (Å²) >= 11 is 0. The Hall–Kier alpha value is -3.28. The number of nitrogens with one attached hydrogen (secondary N) is 2. The molecule has 0 amide bonds. The van der Waals surface area contributed by atoms with Crippen LogP contribution >= 0.6 is 0 Å². The molecule has 6 heteroatoms. The molecule has 0 atom stereocenters. The van der Waals surface area contributed by atoms with E-state index in [2.05, 4.69) is 9.97 Å². The number of fused-ring (bicyclic) bond motifs is 1. The van der Waals surface area contributed by atoms with E-state index in [-0.39, 0.29) is 11.6 Å². The molecule has 1 aromatic heterocycles. The van der Waals surface area contributed by atoms with E-state index in [9.17, 15) is 5.11 Å². The van der Waals surface area contributed by atoms with Gasteiger partial charge < -0.3 is 19.7 Å². The van der Waals surface area contributed by atoms with Crippen molar-refractivity contribution in [3.8, 4) is 5.75 Å². The number of para-hydroxylation sites is 2. The van der Waals surface area contributed by atoms with Gasteiger partial charge in [-0.15, -0.1) is 0 Å². The van der Waals surface area contributed by atoms with Crippen LogP contribution in [0.4, 0.5) is 5.69 Å². The number of ether oxygens (including phenoxy) is 1. The first-order valence-electron chi connectivity index (χ1n) is 8.64. The zero-order valence-corrected chi connectivity index (χ0v) is 14.5. The van der Waals surface area contributed by atoms with E-state index in [4.69, 9.17) is 10.1 Å². The lowest BCUT2D eigenvalue weighted by Crippen LogP contribution is -2.36. The molecular formula is C20H20N4O2. The Morgan fingerprint density at radius 3 is 2.69 bits per heavy atom. The van der Waals surface area contributed by atoms with Crippen molar-refractivity contribution in [1.82, 2.24) is 9.97 Å². The van der Waals surface area contributed by atoms with Gasteiger partial charge in [0.25, 0.3) is 0 Å². The van der Waals surface area contributed by atoms with E-state index in [1.165, 1.54) is 0 Å². The van der Waals surface area contributed by atoms with E-state index in [1.54, 1.807) is 0 Å². The maximum Gasteiger partial charge on any atom is 0.145 e. The fraction of sp³-hybridized carbons (Fsp3) is 0.200. The fourth-order valence-corrected chi connectivity index (χ4v) is 3.19. The van der Waals surface area contributed by atoms with Gasteiger partial charge in [0.1, 0.15) is 23.2 Å². The highest BCUT2D eigenvalue weighted by Gasteiger charge is 2.28. The first-order valence-corrected chi connectivity index (χ1v) is 8.64. The molecule has 0 unspecified atom stereocenters. The Morgan fingerprint density at radius 1 is 1.19 bits per heavy atom. The number of amidine groups is 1. The molecule has 2 heterocycles. The zero-order chi connectivity index (χ0) is 18.1. The number of anilines is 1. The van der Waals surface area contributed by atoms with Crippen molar-refractivity contribution in [2.45, 2.75) is 13.3 Å². The maximum absolute atomic E-state index is 10.4. The van der Waals surface area contributed by atoms with Gasteiger partial charge in [-0.05, 0) is 43.3 Å². The molecule has 0 saturated heterocycles. The van der Waals surface area contributed by atoms with Crippen molar-refractivity contribution in [3.05, 3.63) is 60.1 Å². The van der Waals surface area contributed by atoms with Gasteiger partial charge >= 0.3 is 0 Å². The SMILES string of the molecule is CCOc1ccc(N2CCC(O)=C(c3nc4ccccc4[nH]3)C2=N)cc1. The lowest BCUT2D eigenvalue weighted by atomic mass is 10.0. The van der Waals surface area contributed by atoms with Crippen LogP contribution in [0.1, 0.15) is 19.2 Å². The van der Waals surface area contributed by atoms with Gasteiger partial charge in [0.15, 0.2) is 0 Å². The van der Waals surface area contributed by atoms with Gasteiger partial charge in [-0.3, -0.25) is 5.41 Å². The van der Waals surface area contributed by atoms with Gasteiger partial charge in [0, 0.05) is 18.7 Å². The Bertz CT molecular complexity index is 955. The molecule has 2 aromatic carbocycles. The predicted molar refractivity (Wildman–Crippen MR) is 103 cm³/mol. The number of imidazole rings is 1. The summed E-state index contributed by atoms with van der Waals surface area (Å²) < 4.78 is 5.48. The summed E-state index contributed by atoms with van der Waals surface area (Å²) in [5.74, 6) is 1.74. The van der Waals surface area contributed by atoms with Gasteiger partial charge in [0.05, 0.1) is 23.2 Å². The molecule has 6 nitrogen and oxygen atoms in total. The lowest BCUT2D eigenvalue weighted by Gasteiger charge is -2.30. The van der Waals surface area contributed by atoms with Crippen molar-refractivity contribution in [2.24, 2.45) is 0 Å². The highest BCUT2D eigenvalue weighted by molar-refractivity contribution is 6.28. The standard InChI is InChI=1S/C20H20N4O2/c1-2-26-14-9-7-13(8-10-14)24-12-11-17(25)18(19(24)21)20-22-15-5-3-4-6-16(15)23-20/h3-10,21,25H,2,11-12H2,1H3,(H,22,23). The van der Waals surface area contributed by atoms with E-state index in [0.717, 1.165) is 22.5 Å². The second kappa shape index (κ2) is 6.55. The maximum atomic E-state index is 10.4. The summed E-state index contributed by atoms with van der Waals surface area (Å²) in [7, 11) is 0. The molecule has 0 bridgehead atoms. The molecule has 1 aliphatic rings. The van der Waals surface area contributed by atoms with Crippen LogP contribution in [0.3, 0.4) is 0 Å². The number of H-pyrrole nitrogens is 1. The number of aromatic nitrogens is 2. The Labute approximate surface area is 151 Å². The van der Waals surface area contributed by atoms with Gasteiger partial charge in [-0.25, -0.2) is 4.98 Å². The van der Waals surface area contributed by atoms with Crippen LogP contribution in [0.25, 0.3) is 16.6 Å². The quantitative estimate of drug-likeness (QED) is 0.662. The number of nitrogens with zero attached hydrogens (tertiary/aromatic N) is 2. The molecule has 3 aromatic rings. The van der Waals surface area contributed by atoms with Crippen molar-refractivity contribution < 1.29 is 9.84 Å². The number of hydrogen-bond donors (Lipinski definition) is 3. The van der Waals surface area contributed by atoms with Crippen LogP contribution in [-0.4, -0.2) is 34.1 Å². The monoisotopic (exact) mass is 348 g/mol. The van der Waals surface area contributed by atoms with Crippen LogP contribution in [-0.2, 0) is 0 Å². The van der Waals surface area contributed by atoms with Crippen molar-refractivity contribution >= 4 is 28.1 Å². The van der Waals surface area contributed by atoms with E-state index >= 15 is 0 Å². The molecule has 0 aliphatic carbocycles. The first kappa shape index (κ1) is 16.2. The van der Waals surface area contributed by atoms with E-state index in [1.807, 2.05) is 60.4 Å². The highest BCUT2D eigenvalue weighted by atomic mass is 16.5. The molecule has 1 aliphatic heterocycles. The summed E-state index contributed by atoms with van der Waals surface area (Å²) in [6, 6.07) is 15.3. The molecule has 132 valence electrons. The van der Waals surface area contributed by atoms with Crippen LogP contribution < -0.4 is 9.64 Å². The number of aromatic amines is 1. The number of benzene rings is 2. The van der Waals surface area contributed by atoms with E-state index < -0.39 is 0 Å². The number of rotatable bonds is 4. The summed E-state index contributed by atoms with van der Waals surface area (Å²) in [4.78, 5) is 9.62. The largest absolute Gasteiger partial charge is 0.511 e. The topological polar surface area (TPSA) is 85.2 Å². The molecule has 3 N–H and O–H groups in total. The third-order valence-electron chi connectivity index (χ3n) is 4.45. The van der Waals surface area contributed by atoms with Crippen molar-refractivity contribution in [3.63, 3.8) is 0 Å². The third kappa shape index (κ3) is 2.79. The summed E-state index contributed by atoms with van der Waals surface area (Å²) in [5, 5.41) is 19.1. The second-order valence-corrected chi connectivity index (χ2v) is 6.10. The number of aliphatic hydroxyl groups is 1. The van der Waals surface area contributed by atoms with Gasteiger partial charge in [-0.2, -0.15) is 0 Å². The Kier molecular flexibility index (Phi) is 4.08. The molecule has 0 fully saturated rings. The molecular weight excluding hydrogens is 328 g/mol. The molecule has 0 saturated carbocycles. The van der Waals surface area contributed by atoms with Crippen molar-refractivity contribution in [1.29, 1.82) is 5.41 Å². The average Bonchev–Trinajstić information content (AvgIpc) is 3.06. The minimum atomic E-state index is 0.191. The van der Waals surface area contributed by atoms with Crippen LogP contribution in [0, 0.1) is 5.41 Å². The molecule has 4 rings (SSSR count). The molecule has 26 heavy (non-hydrogen) atoms. The average molecular weight is 348 g/mol. The Balaban J connectivity index is 1.68. The highest BCUT2D eigenvalue weighted by Crippen LogP contribution is 2.30. The lowest BCUT2D eigenvalue weighted by molar-refractivity contribution is 0.340. The smallest absolute Gasteiger partial charge is 0.145 e. The first-order chi connectivity index (χ1) is 12.7. The van der Waals surface area contributed by atoms with Crippen LogP contribution in [0.2, 0.25) is 0 Å². The summed E-state index contributed by atoms with van der Waals surface area (Å²) in [6.45, 7) is 3.11. The zero-order valence-electron chi connectivity index (χ0n) is 14.5. The second-order valence-electron chi connectivity index (χ2n) is 6.10. The van der Waals surface area contributed by atoms with Crippen LogP contribution in [0.5, 0.6) is 5.75 Å². The molecule has 0 radical (unpaired) electrons. The minimum Gasteiger partial charge on any atom is -0.511 e. The minimum absolute atomic E-state index is 0.191. The van der Waals surface area contributed by atoms with Gasteiger partial charge in [0.2, 0.25) is 0 Å². The normalized spacial score (nSPS) is 15.0. The summed E-state index contributed by atoms with van der Waals surface area (Å²) in [5.41, 5.74) is 3.03. The van der Waals surface area contributed by atoms with Gasteiger partial charge in [-0.1, -0.05) is 12.1 Å². The Morgan fingerprint density at radius 2 is 1.96 bits per heavy atom. The third-order valence-corrected chi connectivity index (χ3v) is 4.45. The van der Waals surface area contributed by atoms with Crippen LogP contribution in [0.15, 0.2) is 54.3 Å². The van der Waals surface area contributed by atoms with Crippen molar-refractivity contribution in [2.75, 3.05) is 18.1 Å².